The number of aliphatic imine (C=N–C) groups is 1. The van der Waals surface area contributed by atoms with Crippen molar-refractivity contribution in [1.29, 1.82) is 0 Å². The van der Waals surface area contributed by atoms with Crippen LogP contribution >= 0.6 is 35.3 Å². The molecule has 2 heterocycles. The average Bonchev–Trinajstić information content (AvgIpc) is 3.12. The molecule has 0 atom stereocenters. The summed E-state index contributed by atoms with van der Waals surface area (Å²) in [5.74, 6) is 0.827. The molecule has 1 aliphatic heterocycles. The Labute approximate surface area is 195 Å². The Balaban J connectivity index is 0.00000300. The number of guanidine groups is 1. The predicted octanol–water partition coefficient (Wildman–Crippen LogP) is 2.72. The molecule has 29 heavy (non-hydrogen) atoms. The third kappa shape index (κ3) is 8.19. The molecule has 2 aromatic rings. The molecular weight excluding hydrogens is 495 g/mol. The molecule has 8 heteroatoms. The van der Waals surface area contributed by atoms with Gasteiger partial charge in [-0.2, -0.15) is 0 Å². The number of halogens is 1. The first-order valence-electron chi connectivity index (χ1n) is 9.96. The Kier molecular flexibility index (Phi) is 10.3. The third-order valence-electron chi connectivity index (χ3n) is 5.05. The van der Waals surface area contributed by atoms with E-state index in [4.69, 9.17) is 0 Å². The fourth-order valence-electron chi connectivity index (χ4n) is 3.27. The van der Waals surface area contributed by atoms with E-state index in [2.05, 4.69) is 67.1 Å². The summed E-state index contributed by atoms with van der Waals surface area (Å²) < 4.78 is 0. The van der Waals surface area contributed by atoms with E-state index in [0.717, 1.165) is 68.9 Å². The van der Waals surface area contributed by atoms with Gasteiger partial charge >= 0.3 is 0 Å². The second-order valence-electron chi connectivity index (χ2n) is 7.36. The number of nitrogens with zero attached hydrogens (tertiary/aromatic N) is 4. The van der Waals surface area contributed by atoms with Gasteiger partial charge in [0.1, 0.15) is 0 Å². The Bertz CT molecular complexity index is 753. The van der Waals surface area contributed by atoms with Crippen LogP contribution < -0.4 is 10.6 Å². The highest BCUT2D eigenvalue weighted by Crippen LogP contribution is 2.10. The molecule has 160 valence electrons. The highest BCUT2D eigenvalue weighted by molar-refractivity contribution is 14.0. The quantitative estimate of drug-likeness (QED) is 0.329. The first-order valence-corrected chi connectivity index (χ1v) is 10.8. The molecule has 1 fully saturated rings. The van der Waals surface area contributed by atoms with E-state index in [1.165, 1.54) is 11.1 Å². The lowest BCUT2D eigenvalue weighted by molar-refractivity contribution is 0.148. The largest absolute Gasteiger partial charge is 0.356 e. The summed E-state index contributed by atoms with van der Waals surface area (Å²) in [6.45, 7) is 9.31. The van der Waals surface area contributed by atoms with Gasteiger partial charge in [0.05, 0.1) is 10.7 Å². The van der Waals surface area contributed by atoms with Crippen LogP contribution in [0.1, 0.15) is 21.8 Å². The predicted molar refractivity (Wildman–Crippen MR) is 133 cm³/mol. The number of benzene rings is 1. The molecular formula is C21H33IN6S. The Morgan fingerprint density at radius 1 is 1.10 bits per heavy atom. The zero-order valence-corrected chi connectivity index (χ0v) is 20.8. The number of hydrogen-bond donors (Lipinski definition) is 2. The van der Waals surface area contributed by atoms with E-state index in [1.807, 2.05) is 14.0 Å². The van der Waals surface area contributed by atoms with Crippen molar-refractivity contribution in [2.24, 2.45) is 4.99 Å². The fourth-order valence-corrected chi connectivity index (χ4v) is 3.91. The van der Waals surface area contributed by atoms with Crippen LogP contribution in [0.15, 0.2) is 34.6 Å². The van der Waals surface area contributed by atoms with E-state index in [0.29, 0.717) is 0 Å². The van der Waals surface area contributed by atoms with Gasteiger partial charge in [-0.1, -0.05) is 24.3 Å². The Morgan fingerprint density at radius 2 is 1.79 bits per heavy atom. The SMILES string of the molecule is CN=C(NCCc1csc(C)n1)NCc1ccc(CN2CCN(C)CC2)cc1.I. The average molecular weight is 529 g/mol. The summed E-state index contributed by atoms with van der Waals surface area (Å²) in [5.41, 5.74) is 3.79. The van der Waals surface area contributed by atoms with Crippen LogP contribution in [-0.2, 0) is 19.5 Å². The van der Waals surface area contributed by atoms with Crippen molar-refractivity contribution < 1.29 is 0 Å². The Morgan fingerprint density at radius 3 is 2.41 bits per heavy atom. The molecule has 0 aliphatic carbocycles. The summed E-state index contributed by atoms with van der Waals surface area (Å²) in [5, 5.41) is 9.99. The molecule has 1 aliphatic rings. The van der Waals surface area contributed by atoms with Gasteiger partial charge in [-0.15, -0.1) is 35.3 Å². The summed E-state index contributed by atoms with van der Waals surface area (Å²) in [7, 11) is 4.00. The van der Waals surface area contributed by atoms with Crippen molar-refractivity contribution in [2.75, 3.05) is 46.8 Å². The number of aryl methyl sites for hydroxylation is 1. The minimum Gasteiger partial charge on any atom is -0.356 e. The van der Waals surface area contributed by atoms with Gasteiger partial charge < -0.3 is 15.5 Å². The van der Waals surface area contributed by atoms with Gasteiger partial charge in [-0.25, -0.2) is 4.98 Å². The molecule has 0 saturated carbocycles. The molecule has 1 aromatic carbocycles. The molecule has 6 nitrogen and oxygen atoms in total. The van der Waals surface area contributed by atoms with Crippen molar-refractivity contribution in [3.63, 3.8) is 0 Å². The van der Waals surface area contributed by atoms with Crippen molar-refractivity contribution in [1.82, 2.24) is 25.4 Å². The lowest BCUT2D eigenvalue weighted by atomic mass is 10.1. The highest BCUT2D eigenvalue weighted by atomic mass is 127. The van der Waals surface area contributed by atoms with Crippen LogP contribution in [0.4, 0.5) is 0 Å². The first kappa shape index (κ1) is 24.0. The maximum Gasteiger partial charge on any atom is 0.191 e. The third-order valence-corrected chi connectivity index (χ3v) is 5.87. The van der Waals surface area contributed by atoms with E-state index in [-0.39, 0.29) is 24.0 Å². The summed E-state index contributed by atoms with van der Waals surface area (Å²) in [6, 6.07) is 8.92. The van der Waals surface area contributed by atoms with Gasteiger partial charge in [0.2, 0.25) is 0 Å². The van der Waals surface area contributed by atoms with Gasteiger partial charge in [-0.05, 0) is 25.1 Å². The lowest BCUT2D eigenvalue weighted by Gasteiger charge is -2.32. The first-order chi connectivity index (χ1) is 13.6. The standard InChI is InChI=1S/C21H32N6S.HI/c1-17-25-20(16-28-17)8-9-23-21(22-2)24-14-18-4-6-19(7-5-18)15-27-12-10-26(3)11-13-27;/h4-7,16H,8-15H2,1-3H3,(H2,22,23,24);1H. The van der Waals surface area contributed by atoms with E-state index < -0.39 is 0 Å². The molecule has 1 aromatic heterocycles. The number of aromatic nitrogens is 1. The zero-order chi connectivity index (χ0) is 19.8. The molecule has 1 saturated heterocycles. The smallest absolute Gasteiger partial charge is 0.191 e. The van der Waals surface area contributed by atoms with Crippen molar-refractivity contribution in [3.05, 3.63) is 51.5 Å². The number of nitrogens with one attached hydrogen (secondary N) is 2. The van der Waals surface area contributed by atoms with Gasteiger partial charge in [0.15, 0.2) is 5.96 Å². The van der Waals surface area contributed by atoms with Gasteiger partial charge in [0.25, 0.3) is 0 Å². The van der Waals surface area contributed by atoms with Crippen LogP contribution in [0.5, 0.6) is 0 Å². The van der Waals surface area contributed by atoms with Gasteiger partial charge in [0, 0.05) is 64.7 Å². The second-order valence-corrected chi connectivity index (χ2v) is 8.42. The van der Waals surface area contributed by atoms with Gasteiger partial charge in [-0.3, -0.25) is 9.89 Å². The number of piperazine rings is 1. The van der Waals surface area contributed by atoms with Crippen LogP contribution in [0.3, 0.4) is 0 Å². The molecule has 0 unspecified atom stereocenters. The Hall–Kier alpha value is -1.23. The molecule has 0 radical (unpaired) electrons. The van der Waals surface area contributed by atoms with E-state index in [9.17, 15) is 0 Å². The number of hydrogen-bond acceptors (Lipinski definition) is 5. The molecule has 0 bridgehead atoms. The monoisotopic (exact) mass is 528 g/mol. The van der Waals surface area contributed by atoms with Crippen LogP contribution in [0, 0.1) is 6.92 Å². The number of thiazole rings is 1. The number of likely N-dealkylation sites (N-methyl/N-ethyl adjacent to an activating group) is 1. The fraction of sp³-hybridized carbons (Fsp3) is 0.524. The maximum atomic E-state index is 4.49. The van der Waals surface area contributed by atoms with Crippen LogP contribution in [0.25, 0.3) is 0 Å². The summed E-state index contributed by atoms with van der Waals surface area (Å²) >= 11 is 1.70. The van der Waals surface area contributed by atoms with Crippen molar-refractivity contribution in [3.8, 4) is 0 Å². The van der Waals surface area contributed by atoms with E-state index >= 15 is 0 Å². The highest BCUT2D eigenvalue weighted by Gasteiger charge is 2.13. The minimum atomic E-state index is 0. The normalized spacial score (nSPS) is 15.8. The molecule has 2 N–H and O–H groups in total. The number of rotatable bonds is 7. The summed E-state index contributed by atoms with van der Waals surface area (Å²) in [4.78, 5) is 13.7. The topological polar surface area (TPSA) is 55.8 Å². The lowest BCUT2D eigenvalue weighted by Crippen LogP contribution is -2.43. The zero-order valence-electron chi connectivity index (χ0n) is 17.6. The van der Waals surface area contributed by atoms with Crippen LogP contribution in [0.2, 0.25) is 0 Å². The maximum absolute atomic E-state index is 4.49. The molecule has 0 amide bonds. The summed E-state index contributed by atoms with van der Waals surface area (Å²) in [6.07, 6.45) is 0.909. The second kappa shape index (κ2) is 12.5. The van der Waals surface area contributed by atoms with Crippen LogP contribution in [-0.4, -0.2) is 67.6 Å². The minimum absolute atomic E-state index is 0. The van der Waals surface area contributed by atoms with Crippen molar-refractivity contribution in [2.45, 2.75) is 26.4 Å². The van der Waals surface area contributed by atoms with E-state index in [1.54, 1.807) is 11.3 Å². The molecule has 0 spiro atoms. The molecule has 3 rings (SSSR count). The van der Waals surface area contributed by atoms with Crippen molar-refractivity contribution >= 4 is 41.3 Å².